The highest BCUT2D eigenvalue weighted by Gasteiger charge is 2.24. The van der Waals surface area contributed by atoms with Crippen LogP contribution in [0.3, 0.4) is 0 Å². The third-order valence-corrected chi connectivity index (χ3v) is 4.65. The summed E-state index contributed by atoms with van der Waals surface area (Å²) in [6.07, 6.45) is 2.14. The Hall–Kier alpha value is -1.59. The van der Waals surface area contributed by atoms with Crippen LogP contribution in [0.2, 0.25) is 0 Å². The van der Waals surface area contributed by atoms with Gasteiger partial charge in [-0.2, -0.15) is 0 Å². The van der Waals surface area contributed by atoms with Gasteiger partial charge in [0.05, 0.1) is 19.8 Å². The molecule has 1 heterocycles. The van der Waals surface area contributed by atoms with E-state index in [2.05, 4.69) is 49.2 Å². The maximum absolute atomic E-state index is 5.70. The van der Waals surface area contributed by atoms with Crippen LogP contribution in [0.15, 0.2) is 23.2 Å². The molecule has 0 radical (unpaired) electrons. The van der Waals surface area contributed by atoms with Gasteiger partial charge in [0, 0.05) is 39.2 Å². The number of likely N-dealkylation sites (tertiary alicyclic amines) is 1. The predicted octanol–water partition coefficient (Wildman–Crippen LogP) is 2.80. The normalized spacial score (nSPS) is 17.8. The molecule has 1 saturated heterocycles. The van der Waals surface area contributed by atoms with E-state index in [-0.39, 0.29) is 0 Å². The second-order valence-electron chi connectivity index (χ2n) is 7.15. The van der Waals surface area contributed by atoms with Crippen molar-refractivity contribution >= 4 is 5.96 Å². The molecule has 5 heteroatoms. The van der Waals surface area contributed by atoms with Gasteiger partial charge in [0.25, 0.3) is 0 Å². The van der Waals surface area contributed by atoms with Crippen LogP contribution in [0, 0.1) is 19.8 Å². The standard InChI is InChI=1S/C21H35N3O2/c1-5-22-21(23-8-6-19-13-17(2)12-18(3)14-19)24-9-7-20(15-24)16-26-11-10-25-4/h12-14,20H,5-11,15-16H2,1-4H3,(H,22,23). The van der Waals surface area contributed by atoms with Crippen LogP contribution in [0.4, 0.5) is 0 Å². The molecular formula is C21H35N3O2. The minimum atomic E-state index is 0.579. The maximum Gasteiger partial charge on any atom is 0.193 e. The number of benzene rings is 1. The SMILES string of the molecule is CCNC(=NCCc1cc(C)cc(C)c1)N1CCC(COCCOC)C1. The number of guanidine groups is 1. The summed E-state index contributed by atoms with van der Waals surface area (Å²) >= 11 is 0. The molecule has 0 bridgehead atoms. The number of hydrogen-bond donors (Lipinski definition) is 1. The quantitative estimate of drug-likeness (QED) is 0.417. The molecule has 1 aliphatic rings. The highest BCUT2D eigenvalue weighted by atomic mass is 16.5. The van der Waals surface area contributed by atoms with Gasteiger partial charge in [0.1, 0.15) is 0 Å². The van der Waals surface area contributed by atoms with Crippen molar-refractivity contribution in [2.75, 3.05) is 53.1 Å². The lowest BCUT2D eigenvalue weighted by Gasteiger charge is -2.21. The Morgan fingerprint density at radius 1 is 1.23 bits per heavy atom. The molecule has 26 heavy (non-hydrogen) atoms. The Morgan fingerprint density at radius 2 is 2.00 bits per heavy atom. The molecule has 1 aromatic carbocycles. The lowest BCUT2D eigenvalue weighted by molar-refractivity contribution is 0.0536. The van der Waals surface area contributed by atoms with Crippen LogP contribution in [-0.2, 0) is 15.9 Å². The van der Waals surface area contributed by atoms with E-state index in [0.29, 0.717) is 19.1 Å². The molecule has 2 rings (SSSR count). The number of nitrogens with zero attached hydrogens (tertiary/aromatic N) is 2. The zero-order valence-electron chi connectivity index (χ0n) is 16.9. The summed E-state index contributed by atoms with van der Waals surface area (Å²) in [5, 5.41) is 3.45. The van der Waals surface area contributed by atoms with E-state index in [9.17, 15) is 0 Å². The fourth-order valence-electron chi connectivity index (χ4n) is 3.48. The van der Waals surface area contributed by atoms with Gasteiger partial charge in [-0.25, -0.2) is 0 Å². The molecule has 0 aromatic heterocycles. The molecular weight excluding hydrogens is 326 g/mol. The Balaban J connectivity index is 1.84. The molecule has 0 amide bonds. The van der Waals surface area contributed by atoms with Crippen molar-refractivity contribution in [3.8, 4) is 0 Å². The van der Waals surface area contributed by atoms with Crippen molar-refractivity contribution in [1.82, 2.24) is 10.2 Å². The summed E-state index contributed by atoms with van der Waals surface area (Å²) in [6, 6.07) is 6.74. The smallest absolute Gasteiger partial charge is 0.193 e. The third kappa shape index (κ3) is 6.96. The first-order chi connectivity index (χ1) is 12.6. The lowest BCUT2D eigenvalue weighted by atomic mass is 10.1. The monoisotopic (exact) mass is 361 g/mol. The zero-order valence-corrected chi connectivity index (χ0v) is 16.9. The molecule has 0 spiro atoms. The fourth-order valence-corrected chi connectivity index (χ4v) is 3.48. The van der Waals surface area contributed by atoms with E-state index in [1.807, 2.05) is 0 Å². The van der Waals surface area contributed by atoms with Gasteiger partial charge in [-0.1, -0.05) is 29.3 Å². The van der Waals surface area contributed by atoms with Crippen molar-refractivity contribution < 1.29 is 9.47 Å². The number of methoxy groups -OCH3 is 1. The van der Waals surface area contributed by atoms with Crippen molar-refractivity contribution in [3.05, 3.63) is 34.9 Å². The number of ether oxygens (including phenoxy) is 2. The summed E-state index contributed by atoms with van der Waals surface area (Å²) in [4.78, 5) is 7.24. The first-order valence-electron chi connectivity index (χ1n) is 9.79. The van der Waals surface area contributed by atoms with Crippen molar-refractivity contribution in [3.63, 3.8) is 0 Å². The second kappa shape index (κ2) is 11.2. The Kier molecular flexibility index (Phi) is 8.92. The van der Waals surface area contributed by atoms with E-state index in [1.54, 1.807) is 7.11 Å². The van der Waals surface area contributed by atoms with E-state index < -0.39 is 0 Å². The minimum Gasteiger partial charge on any atom is -0.382 e. The average molecular weight is 362 g/mol. The summed E-state index contributed by atoms with van der Waals surface area (Å²) in [5.74, 6) is 1.62. The highest BCUT2D eigenvalue weighted by Crippen LogP contribution is 2.17. The molecule has 1 unspecified atom stereocenters. The van der Waals surface area contributed by atoms with Crippen LogP contribution >= 0.6 is 0 Å². The number of aliphatic imine (C=N–C) groups is 1. The second-order valence-corrected chi connectivity index (χ2v) is 7.15. The summed E-state index contributed by atoms with van der Waals surface area (Å²) in [6.45, 7) is 12.4. The first kappa shape index (κ1) is 20.7. The predicted molar refractivity (Wildman–Crippen MR) is 108 cm³/mol. The van der Waals surface area contributed by atoms with E-state index in [1.165, 1.54) is 16.7 Å². The summed E-state index contributed by atoms with van der Waals surface area (Å²) in [5.41, 5.74) is 4.02. The number of hydrogen-bond acceptors (Lipinski definition) is 3. The molecule has 1 aromatic rings. The zero-order chi connectivity index (χ0) is 18.8. The van der Waals surface area contributed by atoms with Crippen molar-refractivity contribution in [1.29, 1.82) is 0 Å². The van der Waals surface area contributed by atoms with Gasteiger partial charge in [-0.15, -0.1) is 0 Å². The third-order valence-electron chi connectivity index (χ3n) is 4.65. The van der Waals surface area contributed by atoms with E-state index >= 15 is 0 Å². The van der Waals surface area contributed by atoms with Crippen molar-refractivity contribution in [2.24, 2.45) is 10.9 Å². The largest absolute Gasteiger partial charge is 0.382 e. The Morgan fingerprint density at radius 3 is 2.69 bits per heavy atom. The Labute approximate surface area is 158 Å². The van der Waals surface area contributed by atoms with Crippen LogP contribution in [0.25, 0.3) is 0 Å². The van der Waals surface area contributed by atoms with E-state index in [0.717, 1.165) is 51.6 Å². The molecule has 1 N–H and O–H groups in total. The van der Waals surface area contributed by atoms with Crippen LogP contribution in [0.5, 0.6) is 0 Å². The Bertz CT molecular complexity index is 554. The molecule has 0 saturated carbocycles. The lowest BCUT2D eigenvalue weighted by Crippen LogP contribution is -2.40. The minimum absolute atomic E-state index is 0.579. The maximum atomic E-state index is 5.70. The first-order valence-corrected chi connectivity index (χ1v) is 9.79. The molecule has 1 atom stereocenters. The van der Waals surface area contributed by atoms with Crippen LogP contribution in [-0.4, -0.2) is 64.0 Å². The van der Waals surface area contributed by atoms with Gasteiger partial charge >= 0.3 is 0 Å². The van der Waals surface area contributed by atoms with Gasteiger partial charge in [0.15, 0.2) is 5.96 Å². The summed E-state index contributed by atoms with van der Waals surface area (Å²) < 4.78 is 10.7. The van der Waals surface area contributed by atoms with Gasteiger partial charge in [-0.05, 0) is 39.2 Å². The number of nitrogens with one attached hydrogen (secondary N) is 1. The molecule has 1 fully saturated rings. The fraction of sp³-hybridized carbons (Fsp3) is 0.667. The number of rotatable bonds is 9. The van der Waals surface area contributed by atoms with Crippen LogP contribution < -0.4 is 5.32 Å². The van der Waals surface area contributed by atoms with Crippen molar-refractivity contribution in [2.45, 2.75) is 33.6 Å². The molecule has 146 valence electrons. The molecule has 0 aliphatic carbocycles. The van der Waals surface area contributed by atoms with Gasteiger partial charge in [0.2, 0.25) is 0 Å². The summed E-state index contributed by atoms with van der Waals surface area (Å²) in [7, 11) is 1.71. The van der Waals surface area contributed by atoms with Gasteiger partial charge < -0.3 is 19.7 Å². The molecule has 1 aliphatic heterocycles. The highest BCUT2D eigenvalue weighted by molar-refractivity contribution is 5.80. The topological polar surface area (TPSA) is 46.1 Å². The van der Waals surface area contributed by atoms with Gasteiger partial charge in [-0.3, -0.25) is 4.99 Å². The molecule has 5 nitrogen and oxygen atoms in total. The number of aryl methyl sites for hydroxylation is 2. The van der Waals surface area contributed by atoms with E-state index in [4.69, 9.17) is 14.5 Å². The average Bonchev–Trinajstić information content (AvgIpc) is 3.06. The van der Waals surface area contributed by atoms with Crippen LogP contribution in [0.1, 0.15) is 30.0 Å².